The second kappa shape index (κ2) is 7.53. The van der Waals surface area contributed by atoms with Crippen molar-refractivity contribution < 1.29 is 4.74 Å². The van der Waals surface area contributed by atoms with E-state index in [9.17, 15) is 0 Å². The van der Waals surface area contributed by atoms with E-state index in [1.54, 1.807) is 30.6 Å². The number of nitrogens with zero attached hydrogens (tertiary/aromatic N) is 7. The first-order valence-electron chi connectivity index (χ1n) is 8.20. The molecular weight excluding hydrogens is 362 g/mol. The quantitative estimate of drug-likeness (QED) is 0.513. The van der Waals surface area contributed by atoms with Crippen molar-refractivity contribution in [3.05, 3.63) is 54.1 Å². The van der Waals surface area contributed by atoms with Gasteiger partial charge in [-0.15, -0.1) is 10.2 Å². The highest BCUT2D eigenvalue weighted by molar-refractivity contribution is 7.99. The smallest absolute Gasteiger partial charge is 0.222 e. The second-order valence-electron chi connectivity index (χ2n) is 5.59. The van der Waals surface area contributed by atoms with Gasteiger partial charge < -0.3 is 4.74 Å². The first-order valence-corrected chi connectivity index (χ1v) is 9.18. The van der Waals surface area contributed by atoms with Crippen LogP contribution >= 0.6 is 11.8 Å². The number of hydrogen-bond donors (Lipinski definition) is 0. The number of ether oxygens (including phenoxy) is 1. The molecule has 3 aromatic rings. The first kappa shape index (κ1) is 17.1. The summed E-state index contributed by atoms with van der Waals surface area (Å²) >= 11 is 1.60. The van der Waals surface area contributed by atoms with Crippen molar-refractivity contribution in [3.63, 3.8) is 0 Å². The van der Waals surface area contributed by atoms with Crippen molar-refractivity contribution >= 4 is 23.2 Å². The molecule has 0 aliphatic carbocycles. The van der Waals surface area contributed by atoms with Crippen LogP contribution in [0, 0.1) is 0 Å². The molecule has 4 rings (SSSR count). The highest BCUT2D eigenvalue weighted by Gasteiger charge is 2.22. The van der Waals surface area contributed by atoms with Crippen LogP contribution in [-0.4, -0.2) is 40.5 Å². The minimum Gasteiger partial charge on any atom is -0.496 e. The second-order valence-corrected chi connectivity index (χ2v) is 6.53. The third-order valence-electron chi connectivity index (χ3n) is 3.97. The Labute approximate surface area is 159 Å². The Morgan fingerprint density at radius 3 is 2.70 bits per heavy atom. The summed E-state index contributed by atoms with van der Waals surface area (Å²) in [7, 11) is 3.22. The summed E-state index contributed by atoms with van der Waals surface area (Å²) in [6.45, 7) is 0. The molecule has 1 aromatic heterocycles. The van der Waals surface area contributed by atoms with Crippen molar-refractivity contribution in [2.45, 2.75) is 5.16 Å². The van der Waals surface area contributed by atoms with Gasteiger partial charge in [-0.1, -0.05) is 36.0 Å². The van der Waals surface area contributed by atoms with E-state index >= 15 is 0 Å². The highest BCUT2D eigenvalue weighted by Crippen LogP contribution is 2.33. The molecule has 0 N–H and O–H groups in total. The zero-order valence-corrected chi connectivity index (χ0v) is 15.6. The molecule has 8 nitrogen and oxygen atoms in total. The van der Waals surface area contributed by atoms with E-state index in [1.165, 1.54) is 0 Å². The molecule has 1 aliphatic heterocycles. The lowest BCUT2D eigenvalue weighted by Gasteiger charge is -2.14. The van der Waals surface area contributed by atoms with Crippen molar-refractivity contribution in [3.8, 4) is 17.1 Å². The molecule has 2 heterocycles. The fourth-order valence-electron chi connectivity index (χ4n) is 2.68. The number of thioether (sulfide) groups is 1. The first-order chi connectivity index (χ1) is 13.3. The lowest BCUT2D eigenvalue weighted by atomic mass is 10.1. The molecule has 2 aromatic carbocycles. The van der Waals surface area contributed by atoms with Gasteiger partial charge in [0.05, 0.1) is 18.4 Å². The standard InChI is InChI=1S/C18H16N7OS/c1-19-24-20-13-9-7-12(8-10-13)15-11-27-18-22-21-17(25(18)23-15)14-5-3-4-6-16(14)26-2/h3-10H,11H2,1-2H3/q+1. The van der Waals surface area contributed by atoms with E-state index in [1.807, 2.05) is 48.5 Å². The average Bonchev–Trinajstić information content (AvgIpc) is 3.15. The Bertz CT molecular complexity index is 1070. The van der Waals surface area contributed by atoms with Crippen LogP contribution < -0.4 is 9.65 Å². The van der Waals surface area contributed by atoms with Crippen LogP contribution in [0.15, 0.2) is 69.0 Å². The molecule has 0 saturated carbocycles. The van der Waals surface area contributed by atoms with Crippen LogP contribution in [0.3, 0.4) is 0 Å². The zero-order valence-electron chi connectivity index (χ0n) is 14.8. The van der Waals surface area contributed by atoms with Crippen molar-refractivity contribution in [1.82, 2.24) is 19.8 Å². The van der Waals surface area contributed by atoms with Gasteiger partial charge in [-0.25, -0.2) is 0 Å². The molecular formula is C18H16N7OS+. The summed E-state index contributed by atoms with van der Waals surface area (Å²) in [6.07, 6.45) is 0. The van der Waals surface area contributed by atoms with Crippen LogP contribution in [0.1, 0.15) is 5.56 Å². The third kappa shape index (κ3) is 3.38. The Kier molecular flexibility index (Phi) is 4.78. The third-order valence-corrected chi connectivity index (χ3v) is 4.90. The maximum absolute atomic E-state index is 5.45. The predicted octanol–water partition coefficient (Wildman–Crippen LogP) is 3.54. The minimum atomic E-state index is 0.655. The van der Waals surface area contributed by atoms with Gasteiger partial charge >= 0.3 is 0 Å². The maximum atomic E-state index is 5.45. The number of para-hydroxylation sites is 1. The Morgan fingerprint density at radius 1 is 1.11 bits per heavy atom. The number of fused-ring (bicyclic) bond motifs is 1. The van der Waals surface area contributed by atoms with Gasteiger partial charge in [0, 0.05) is 5.75 Å². The van der Waals surface area contributed by atoms with Gasteiger partial charge in [0.15, 0.2) is 16.6 Å². The number of benzene rings is 2. The Hall–Kier alpha value is -3.29. The lowest BCUT2D eigenvalue weighted by Crippen LogP contribution is -2.13. The maximum Gasteiger partial charge on any atom is 0.222 e. The molecule has 134 valence electrons. The van der Waals surface area contributed by atoms with Gasteiger partial charge in [0.25, 0.3) is 0 Å². The number of aromatic nitrogens is 3. The van der Waals surface area contributed by atoms with Crippen molar-refractivity contribution in [1.29, 1.82) is 0 Å². The molecule has 27 heavy (non-hydrogen) atoms. The van der Waals surface area contributed by atoms with E-state index in [0.717, 1.165) is 39.2 Å². The summed E-state index contributed by atoms with van der Waals surface area (Å²) in [5.74, 6) is 2.10. The number of hydrogen-bond acceptors (Lipinski definition) is 7. The topological polar surface area (TPSA) is 91.1 Å². The van der Waals surface area contributed by atoms with Gasteiger partial charge in [-0.05, 0) is 29.8 Å². The van der Waals surface area contributed by atoms with Crippen molar-refractivity contribution in [2.24, 2.45) is 15.3 Å². The van der Waals surface area contributed by atoms with E-state index in [0.29, 0.717) is 5.82 Å². The monoisotopic (exact) mass is 378 g/mol. The molecule has 0 spiro atoms. The molecule has 0 fully saturated rings. The molecule has 9 heteroatoms. The minimum absolute atomic E-state index is 0.655. The fraction of sp³-hybridized carbons (Fsp3) is 0.167. The Morgan fingerprint density at radius 2 is 1.93 bits per heavy atom. The van der Waals surface area contributed by atoms with E-state index in [4.69, 9.17) is 9.84 Å². The summed E-state index contributed by atoms with van der Waals surface area (Å²) < 4.78 is 7.22. The van der Waals surface area contributed by atoms with Crippen LogP contribution in [0.4, 0.5) is 5.69 Å². The number of rotatable bonds is 4. The highest BCUT2D eigenvalue weighted by atomic mass is 32.2. The molecule has 0 bridgehead atoms. The van der Waals surface area contributed by atoms with Crippen molar-refractivity contribution in [2.75, 3.05) is 19.9 Å². The molecule has 0 unspecified atom stereocenters. The molecule has 0 saturated heterocycles. The van der Waals surface area contributed by atoms with E-state index < -0.39 is 0 Å². The van der Waals surface area contributed by atoms with Crippen LogP contribution in [0.25, 0.3) is 11.4 Å². The molecule has 1 aliphatic rings. The summed E-state index contributed by atoms with van der Waals surface area (Å²) in [5.41, 5.74) is 3.55. The van der Waals surface area contributed by atoms with Crippen LogP contribution in [-0.2, 0) is 0 Å². The Balaban J connectivity index is 1.73. The molecule has 0 atom stereocenters. The normalized spacial score (nSPS) is 12.6. The lowest BCUT2D eigenvalue weighted by molar-refractivity contribution is 0.416. The molecule has 0 amide bonds. The SMILES string of the molecule is CN=[N+]=Nc1ccc(C2=Nn3c(nnc3-c3ccccc3OC)SC2)cc1. The van der Waals surface area contributed by atoms with E-state index in [2.05, 4.69) is 25.3 Å². The summed E-state index contributed by atoms with van der Waals surface area (Å²) in [5, 5.41) is 21.7. The van der Waals surface area contributed by atoms with Gasteiger partial charge in [0.1, 0.15) is 17.9 Å². The fourth-order valence-corrected chi connectivity index (χ4v) is 3.52. The van der Waals surface area contributed by atoms with Gasteiger partial charge in [-0.3, -0.25) is 0 Å². The summed E-state index contributed by atoms with van der Waals surface area (Å²) in [6, 6.07) is 15.4. The molecule has 0 radical (unpaired) electrons. The average molecular weight is 378 g/mol. The summed E-state index contributed by atoms with van der Waals surface area (Å²) in [4.78, 5) is 3.65. The van der Waals surface area contributed by atoms with Crippen LogP contribution in [0.5, 0.6) is 5.75 Å². The van der Waals surface area contributed by atoms with Crippen LogP contribution in [0.2, 0.25) is 0 Å². The largest absolute Gasteiger partial charge is 0.496 e. The zero-order chi connectivity index (χ0) is 18.6. The van der Waals surface area contributed by atoms with E-state index in [-0.39, 0.29) is 0 Å². The van der Waals surface area contributed by atoms with Gasteiger partial charge in [-0.2, -0.15) is 9.78 Å². The van der Waals surface area contributed by atoms with Gasteiger partial charge in [0.2, 0.25) is 10.1 Å². The number of methoxy groups -OCH3 is 1. The predicted molar refractivity (Wildman–Crippen MR) is 104 cm³/mol.